The predicted molar refractivity (Wildman–Crippen MR) is 71.1 cm³/mol. The minimum Gasteiger partial charge on any atom is -0.376 e. The van der Waals surface area contributed by atoms with Crippen LogP contribution in [0.3, 0.4) is 0 Å². The Bertz CT molecular complexity index is 368. The lowest BCUT2D eigenvalue weighted by molar-refractivity contribution is -0.00791. The fraction of sp³-hybridized carbons (Fsp3) is 0.600. The summed E-state index contributed by atoms with van der Waals surface area (Å²) in [6.07, 6.45) is 3.55. The average Bonchev–Trinajstić information content (AvgIpc) is 2.36. The summed E-state index contributed by atoms with van der Waals surface area (Å²) in [6.45, 7) is 5.68. The maximum Gasteiger partial charge on any atom is 0.123 e. The molecule has 0 amide bonds. The van der Waals surface area contributed by atoms with Crippen LogP contribution in [0.1, 0.15) is 43.4 Å². The molecule has 100 valence electrons. The molecule has 1 saturated heterocycles. The van der Waals surface area contributed by atoms with Crippen LogP contribution in [0.4, 0.5) is 4.39 Å². The number of nitrogens with one attached hydrogen (secondary N) is 1. The van der Waals surface area contributed by atoms with Crippen molar-refractivity contribution in [1.82, 2.24) is 5.32 Å². The average molecular weight is 251 g/mol. The van der Waals surface area contributed by atoms with Crippen LogP contribution < -0.4 is 5.32 Å². The van der Waals surface area contributed by atoms with Gasteiger partial charge in [-0.25, -0.2) is 4.39 Å². The van der Waals surface area contributed by atoms with E-state index < -0.39 is 0 Å². The van der Waals surface area contributed by atoms with Gasteiger partial charge in [-0.1, -0.05) is 13.0 Å². The molecule has 18 heavy (non-hydrogen) atoms. The van der Waals surface area contributed by atoms with Crippen molar-refractivity contribution in [1.29, 1.82) is 0 Å². The molecule has 1 aliphatic rings. The number of likely N-dealkylation sites (N-methyl/N-ethyl adjacent to an activating group) is 1. The second-order valence-electron chi connectivity index (χ2n) is 5.00. The van der Waals surface area contributed by atoms with Crippen LogP contribution in [0.5, 0.6) is 0 Å². The molecule has 0 bridgehead atoms. The summed E-state index contributed by atoms with van der Waals surface area (Å²) >= 11 is 0. The molecule has 2 atom stereocenters. The molecule has 0 saturated carbocycles. The maximum atomic E-state index is 13.5. The van der Waals surface area contributed by atoms with Gasteiger partial charge < -0.3 is 10.1 Å². The molecular formula is C15H22FNO. The van der Waals surface area contributed by atoms with E-state index in [0.717, 1.165) is 37.1 Å². The Morgan fingerprint density at radius 1 is 1.39 bits per heavy atom. The molecule has 3 heteroatoms. The van der Waals surface area contributed by atoms with Gasteiger partial charge in [-0.3, -0.25) is 0 Å². The molecule has 1 aliphatic heterocycles. The standard InChI is InChI=1S/C15H22FNO/c1-3-17-15(14-6-4-5-7-18-14)12-8-11(2)9-13(16)10-12/h8-10,14-15,17H,3-7H2,1-2H3. The summed E-state index contributed by atoms with van der Waals surface area (Å²) in [5, 5.41) is 3.43. The quantitative estimate of drug-likeness (QED) is 0.886. The van der Waals surface area contributed by atoms with Gasteiger partial charge >= 0.3 is 0 Å². The summed E-state index contributed by atoms with van der Waals surface area (Å²) in [6, 6.07) is 5.34. The number of aryl methyl sites for hydroxylation is 1. The van der Waals surface area contributed by atoms with Gasteiger partial charge in [0.25, 0.3) is 0 Å². The first-order valence-corrected chi connectivity index (χ1v) is 6.83. The molecule has 0 aliphatic carbocycles. The minimum absolute atomic E-state index is 0.102. The molecule has 1 N–H and O–H groups in total. The molecule has 2 nitrogen and oxygen atoms in total. The van der Waals surface area contributed by atoms with Crippen molar-refractivity contribution >= 4 is 0 Å². The van der Waals surface area contributed by atoms with Crippen LogP contribution >= 0.6 is 0 Å². The van der Waals surface area contributed by atoms with E-state index in [9.17, 15) is 4.39 Å². The highest BCUT2D eigenvalue weighted by Gasteiger charge is 2.25. The highest BCUT2D eigenvalue weighted by molar-refractivity contribution is 5.27. The molecule has 1 heterocycles. The Balaban J connectivity index is 2.22. The third kappa shape index (κ3) is 3.30. The van der Waals surface area contributed by atoms with E-state index in [2.05, 4.69) is 12.2 Å². The van der Waals surface area contributed by atoms with Crippen LogP contribution in [0.2, 0.25) is 0 Å². The van der Waals surface area contributed by atoms with Gasteiger partial charge in [0.1, 0.15) is 5.82 Å². The van der Waals surface area contributed by atoms with Gasteiger partial charge in [-0.2, -0.15) is 0 Å². The number of halogens is 1. The van der Waals surface area contributed by atoms with Crippen molar-refractivity contribution in [2.75, 3.05) is 13.2 Å². The zero-order chi connectivity index (χ0) is 13.0. The lowest BCUT2D eigenvalue weighted by Gasteiger charge is -2.31. The number of benzene rings is 1. The van der Waals surface area contributed by atoms with E-state index >= 15 is 0 Å². The molecule has 0 radical (unpaired) electrons. The highest BCUT2D eigenvalue weighted by Crippen LogP contribution is 2.27. The summed E-state index contributed by atoms with van der Waals surface area (Å²) in [5.74, 6) is -0.163. The third-order valence-corrected chi connectivity index (χ3v) is 3.43. The SMILES string of the molecule is CCNC(c1cc(C)cc(F)c1)C1CCCCO1. The molecule has 1 aromatic carbocycles. The largest absolute Gasteiger partial charge is 0.376 e. The Morgan fingerprint density at radius 3 is 2.83 bits per heavy atom. The van der Waals surface area contributed by atoms with Gasteiger partial charge in [0, 0.05) is 6.61 Å². The van der Waals surface area contributed by atoms with E-state index in [4.69, 9.17) is 4.74 Å². The van der Waals surface area contributed by atoms with Crippen LogP contribution in [-0.2, 0) is 4.74 Å². The van der Waals surface area contributed by atoms with Crippen LogP contribution in [-0.4, -0.2) is 19.3 Å². The summed E-state index contributed by atoms with van der Waals surface area (Å²) in [5.41, 5.74) is 1.96. The molecule has 1 aromatic rings. The second kappa shape index (κ2) is 6.30. The normalized spacial score (nSPS) is 21.8. The molecule has 1 fully saturated rings. The maximum absolute atomic E-state index is 13.5. The van der Waals surface area contributed by atoms with E-state index in [0.29, 0.717) is 0 Å². The number of rotatable bonds is 4. The van der Waals surface area contributed by atoms with Crippen molar-refractivity contribution < 1.29 is 9.13 Å². The van der Waals surface area contributed by atoms with Crippen LogP contribution in [0, 0.1) is 12.7 Å². The molecular weight excluding hydrogens is 229 g/mol. The lowest BCUT2D eigenvalue weighted by Crippen LogP contribution is -2.36. The summed E-state index contributed by atoms with van der Waals surface area (Å²) in [4.78, 5) is 0. The number of ether oxygens (including phenoxy) is 1. The van der Waals surface area contributed by atoms with Gasteiger partial charge in [0.05, 0.1) is 12.1 Å². The zero-order valence-corrected chi connectivity index (χ0v) is 11.2. The van der Waals surface area contributed by atoms with Gasteiger partial charge in [-0.15, -0.1) is 0 Å². The summed E-state index contributed by atoms with van der Waals surface area (Å²) < 4.78 is 19.4. The zero-order valence-electron chi connectivity index (χ0n) is 11.2. The van der Waals surface area contributed by atoms with Gasteiger partial charge in [-0.05, 0) is 56.0 Å². The van der Waals surface area contributed by atoms with E-state index in [1.54, 1.807) is 12.1 Å². The van der Waals surface area contributed by atoms with Crippen molar-refractivity contribution in [3.05, 3.63) is 35.1 Å². The topological polar surface area (TPSA) is 21.3 Å². The van der Waals surface area contributed by atoms with E-state index in [1.165, 1.54) is 6.42 Å². The van der Waals surface area contributed by atoms with Gasteiger partial charge in [0.15, 0.2) is 0 Å². The third-order valence-electron chi connectivity index (χ3n) is 3.43. The second-order valence-corrected chi connectivity index (χ2v) is 5.00. The summed E-state index contributed by atoms with van der Waals surface area (Å²) in [7, 11) is 0. The van der Waals surface area contributed by atoms with Crippen molar-refractivity contribution in [2.45, 2.75) is 45.3 Å². The smallest absolute Gasteiger partial charge is 0.123 e. The van der Waals surface area contributed by atoms with Crippen molar-refractivity contribution in [3.63, 3.8) is 0 Å². The lowest BCUT2D eigenvalue weighted by atomic mass is 9.94. The predicted octanol–water partition coefficient (Wildman–Crippen LogP) is 3.35. The first kappa shape index (κ1) is 13.5. The first-order chi connectivity index (χ1) is 8.70. The van der Waals surface area contributed by atoms with E-state index in [1.807, 2.05) is 13.0 Å². The molecule has 2 rings (SSSR count). The van der Waals surface area contributed by atoms with E-state index in [-0.39, 0.29) is 18.0 Å². The number of hydrogen-bond acceptors (Lipinski definition) is 2. The first-order valence-electron chi connectivity index (χ1n) is 6.83. The monoisotopic (exact) mass is 251 g/mol. The van der Waals surface area contributed by atoms with Crippen molar-refractivity contribution in [2.24, 2.45) is 0 Å². The fourth-order valence-corrected chi connectivity index (χ4v) is 2.66. The fourth-order valence-electron chi connectivity index (χ4n) is 2.66. The molecule has 0 aromatic heterocycles. The Labute approximate surface area is 109 Å². The molecule has 2 unspecified atom stereocenters. The Kier molecular flexibility index (Phi) is 4.72. The van der Waals surface area contributed by atoms with Gasteiger partial charge in [0.2, 0.25) is 0 Å². The van der Waals surface area contributed by atoms with Crippen LogP contribution in [0.15, 0.2) is 18.2 Å². The molecule has 0 spiro atoms. The number of hydrogen-bond donors (Lipinski definition) is 1. The Morgan fingerprint density at radius 2 is 2.22 bits per heavy atom. The highest BCUT2D eigenvalue weighted by atomic mass is 19.1. The minimum atomic E-state index is -0.163. The van der Waals surface area contributed by atoms with Crippen molar-refractivity contribution in [3.8, 4) is 0 Å². The Hall–Kier alpha value is -0.930. The van der Waals surface area contributed by atoms with Crippen LogP contribution in [0.25, 0.3) is 0 Å².